The molecule has 4 nitrogen and oxygen atoms in total. The number of rotatable bonds is 5. The van der Waals surface area contributed by atoms with Crippen LogP contribution in [0, 0.1) is 0 Å². The van der Waals surface area contributed by atoms with Gasteiger partial charge in [-0.05, 0) is 13.3 Å². The van der Waals surface area contributed by atoms with E-state index in [0.717, 1.165) is 6.42 Å². The monoisotopic (exact) mass is 224 g/mol. The molecule has 88 valence electrons. The summed E-state index contributed by atoms with van der Waals surface area (Å²) in [7, 11) is 1.45. The number of phenolic OH excluding ortho intramolecular Hbond substituents is 1. The van der Waals surface area contributed by atoms with E-state index in [2.05, 4.69) is 0 Å². The fourth-order valence-corrected chi connectivity index (χ4v) is 1.39. The third-order valence-corrected chi connectivity index (χ3v) is 2.10. The van der Waals surface area contributed by atoms with Crippen LogP contribution in [0.2, 0.25) is 0 Å². The largest absolute Gasteiger partial charge is 0.507 e. The van der Waals surface area contributed by atoms with Crippen LogP contribution in [0.5, 0.6) is 17.2 Å². The summed E-state index contributed by atoms with van der Waals surface area (Å²) in [6.45, 7) is 3.92. The lowest BCUT2D eigenvalue weighted by molar-refractivity contribution is 0.101. The van der Waals surface area contributed by atoms with Crippen LogP contribution >= 0.6 is 0 Å². The van der Waals surface area contributed by atoms with Gasteiger partial charge in [0.05, 0.1) is 13.7 Å². The van der Waals surface area contributed by atoms with Crippen molar-refractivity contribution in [1.29, 1.82) is 0 Å². The number of aromatic hydroxyl groups is 1. The Kier molecular flexibility index (Phi) is 4.17. The van der Waals surface area contributed by atoms with Crippen molar-refractivity contribution in [2.75, 3.05) is 13.7 Å². The molecule has 16 heavy (non-hydrogen) atoms. The van der Waals surface area contributed by atoms with Crippen molar-refractivity contribution in [2.24, 2.45) is 0 Å². The van der Waals surface area contributed by atoms with E-state index in [9.17, 15) is 9.90 Å². The summed E-state index contributed by atoms with van der Waals surface area (Å²) < 4.78 is 10.4. The molecule has 0 aromatic heterocycles. The number of hydrogen-bond donors (Lipinski definition) is 1. The molecular weight excluding hydrogens is 208 g/mol. The number of hydrogen-bond acceptors (Lipinski definition) is 4. The van der Waals surface area contributed by atoms with Crippen LogP contribution in [0.25, 0.3) is 0 Å². The molecule has 0 fully saturated rings. The Morgan fingerprint density at radius 3 is 2.62 bits per heavy atom. The van der Waals surface area contributed by atoms with Crippen LogP contribution in [-0.2, 0) is 0 Å². The van der Waals surface area contributed by atoms with Gasteiger partial charge in [0.25, 0.3) is 0 Å². The molecule has 0 saturated heterocycles. The summed E-state index contributed by atoms with van der Waals surface area (Å²) in [5.41, 5.74) is 0.186. The van der Waals surface area contributed by atoms with E-state index < -0.39 is 0 Å². The highest BCUT2D eigenvalue weighted by Gasteiger charge is 2.15. The zero-order valence-corrected chi connectivity index (χ0v) is 9.74. The maximum absolute atomic E-state index is 11.3. The molecule has 0 heterocycles. The first-order chi connectivity index (χ1) is 7.60. The van der Waals surface area contributed by atoms with E-state index in [1.807, 2.05) is 6.92 Å². The highest BCUT2D eigenvalue weighted by molar-refractivity contribution is 5.99. The third kappa shape index (κ3) is 2.66. The van der Waals surface area contributed by atoms with Gasteiger partial charge in [0.15, 0.2) is 5.78 Å². The van der Waals surface area contributed by atoms with Gasteiger partial charge >= 0.3 is 0 Å². The number of ketones is 1. The first-order valence-electron chi connectivity index (χ1n) is 5.14. The van der Waals surface area contributed by atoms with E-state index in [1.54, 1.807) is 6.07 Å². The van der Waals surface area contributed by atoms with Gasteiger partial charge < -0.3 is 14.6 Å². The quantitative estimate of drug-likeness (QED) is 0.780. The van der Waals surface area contributed by atoms with Crippen molar-refractivity contribution in [3.05, 3.63) is 17.7 Å². The van der Waals surface area contributed by atoms with Gasteiger partial charge in [-0.25, -0.2) is 0 Å². The SMILES string of the molecule is CCCOc1cc(O)c(C(C)=O)c(OC)c1. The predicted octanol–water partition coefficient (Wildman–Crippen LogP) is 2.39. The number of carbonyl (C=O) groups is 1. The average molecular weight is 224 g/mol. The van der Waals surface area contributed by atoms with Crippen molar-refractivity contribution in [3.8, 4) is 17.2 Å². The number of phenols is 1. The highest BCUT2D eigenvalue weighted by atomic mass is 16.5. The molecule has 1 N–H and O–H groups in total. The smallest absolute Gasteiger partial charge is 0.167 e. The first-order valence-corrected chi connectivity index (χ1v) is 5.14. The Morgan fingerprint density at radius 1 is 1.44 bits per heavy atom. The first kappa shape index (κ1) is 12.4. The van der Waals surface area contributed by atoms with E-state index in [-0.39, 0.29) is 17.1 Å². The second kappa shape index (κ2) is 5.39. The normalized spacial score (nSPS) is 9.94. The zero-order chi connectivity index (χ0) is 12.1. The van der Waals surface area contributed by atoms with Crippen LogP contribution in [0.1, 0.15) is 30.6 Å². The lowest BCUT2D eigenvalue weighted by Gasteiger charge is -2.11. The van der Waals surface area contributed by atoms with Gasteiger partial charge in [0, 0.05) is 12.1 Å². The molecule has 1 rings (SSSR count). The Morgan fingerprint density at radius 2 is 2.12 bits per heavy atom. The van der Waals surface area contributed by atoms with Crippen LogP contribution in [-0.4, -0.2) is 24.6 Å². The number of ether oxygens (including phenoxy) is 2. The molecule has 0 radical (unpaired) electrons. The van der Waals surface area contributed by atoms with Crippen molar-refractivity contribution in [1.82, 2.24) is 0 Å². The number of benzene rings is 1. The van der Waals surface area contributed by atoms with Crippen LogP contribution in [0.15, 0.2) is 12.1 Å². The molecule has 0 atom stereocenters. The van der Waals surface area contributed by atoms with Gasteiger partial charge in [-0.1, -0.05) is 6.92 Å². The molecule has 0 amide bonds. The Hall–Kier alpha value is -1.71. The zero-order valence-electron chi connectivity index (χ0n) is 9.74. The molecular formula is C12H16O4. The maximum atomic E-state index is 11.3. The van der Waals surface area contributed by atoms with Crippen molar-refractivity contribution in [3.63, 3.8) is 0 Å². The summed E-state index contributed by atoms with van der Waals surface area (Å²) >= 11 is 0. The van der Waals surface area contributed by atoms with E-state index in [1.165, 1.54) is 20.1 Å². The van der Waals surface area contributed by atoms with E-state index in [4.69, 9.17) is 9.47 Å². The minimum absolute atomic E-state index is 0.113. The second-order valence-electron chi connectivity index (χ2n) is 3.42. The molecule has 0 aliphatic carbocycles. The van der Waals surface area contributed by atoms with Gasteiger partial charge in [0.2, 0.25) is 0 Å². The Labute approximate surface area is 94.8 Å². The minimum Gasteiger partial charge on any atom is -0.507 e. The van der Waals surface area contributed by atoms with E-state index >= 15 is 0 Å². The molecule has 0 aliphatic rings. The molecule has 0 unspecified atom stereocenters. The number of Topliss-reactive ketones (excluding diaryl/α,β-unsaturated/α-hetero) is 1. The molecule has 1 aromatic rings. The summed E-state index contributed by atoms with van der Waals surface area (Å²) in [5.74, 6) is 0.481. The Bertz CT molecular complexity index is 385. The van der Waals surface area contributed by atoms with Gasteiger partial charge in [-0.15, -0.1) is 0 Å². The topological polar surface area (TPSA) is 55.8 Å². The molecule has 0 bridgehead atoms. The van der Waals surface area contributed by atoms with Gasteiger partial charge in [0.1, 0.15) is 22.8 Å². The fraction of sp³-hybridized carbons (Fsp3) is 0.417. The molecule has 0 saturated carbocycles. The lowest BCUT2D eigenvalue weighted by Crippen LogP contribution is -2.01. The van der Waals surface area contributed by atoms with Crippen LogP contribution in [0.3, 0.4) is 0 Å². The van der Waals surface area contributed by atoms with Crippen molar-refractivity contribution < 1.29 is 19.4 Å². The van der Waals surface area contributed by atoms with Crippen LogP contribution < -0.4 is 9.47 Å². The third-order valence-electron chi connectivity index (χ3n) is 2.10. The second-order valence-corrected chi connectivity index (χ2v) is 3.42. The molecule has 0 aliphatic heterocycles. The van der Waals surface area contributed by atoms with Crippen LogP contribution in [0.4, 0.5) is 0 Å². The lowest BCUT2D eigenvalue weighted by atomic mass is 10.1. The highest BCUT2D eigenvalue weighted by Crippen LogP contribution is 2.33. The average Bonchev–Trinajstić information content (AvgIpc) is 2.24. The van der Waals surface area contributed by atoms with E-state index in [0.29, 0.717) is 18.1 Å². The number of carbonyl (C=O) groups excluding carboxylic acids is 1. The molecule has 4 heteroatoms. The van der Waals surface area contributed by atoms with Crippen molar-refractivity contribution in [2.45, 2.75) is 20.3 Å². The predicted molar refractivity (Wildman–Crippen MR) is 60.4 cm³/mol. The standard InChI is InChI=1S/C12H16O4/c1-4-5-16-9-6-10(14)12(8(2)13)11(7-9)15-3/h6-7,14H,4-5H2,1-3H3. The molecule has 1 aromatic carbocycles. The van der Waals surface area contributed by atoms with Crippen molar-refractivity contribution >= 4 is 5.78 Å². The summed E-state index contributed by atoms with van der Waals surface area (Å²) in [6.07, 6.45) is 0.873. The summed E-state index contributed by atoms with van der Waals surface area (Å²) in [4.78, 5) is 11.3. The van der Waals surface area contributed by atoms with Gasteiger partial charge in [-0.3, -0.25) is 4.79 Å². The molecule has 0 spiro atoms. The summed E-state index contributed by atoms with van der Waals surface area (Å²) in [5, 5.41) is 9.69. The Balaban J connectivity index is 3.11. The minimum atomic E-state index is -0.239. The maximum Gasteiger partial charge on any atom is 0.167 e. The van der Waals surface area contributed by atoms with Gasteiger partial charge in [-0.2, -0.15) is 0 Å². The number of methoxy groups -OCH3 is 1. The fourth-order valence-electron chi connectivity index (χ4n) is 1.39. The summed E-state index contributed by atoms with van der Waals surface area (Å²) in [6, 6.07) is 3.03.